The first-order valence-electron chi connectivity index (χ1n) is 4.58. The molecule has 1 aromatic heterocycles. The molecule has 4 heteroatoms. The summed E-state index contributed by atoms with van der Waals surface area (Å²) in [6.45, 7) is 0. The molecule has 0 fully saturated rings. The van der Waals surface area contributed by atoms with Crippen molar-refractivity contribution in [3.05, 3.63) is 18.0 Å². The summed E-state index contributed by atoms with van der Waals surface area (Å²) in [5.74, 6) is 0. The molecule has 0 bridgehead atoms. The van der Waals surface area contributed by atoms with Gasteiger partial charge in [-0.3, -0.25) is 0 Å². The van der Waals surface area contributed by atoms with E-state index < -0.39 is 0 Å². The molecule has 2 rings (SSSR count). The van der Waals surface area contributed by atoms with Crippen molar-refractivity contribution >= 4 is 5.57 Å². The smallest absolute Gasteiger partial charge is 0.108 e. The van der Waals surface area contributed by atoms with Crippen LogP contribution in [-0.2, 0) is 7.05 Å². The van der Waals surface area contributed by atoms with E-state index >= 15 is 0 Å². The van der Waals surface area contributed by atoms with E-state index in [2.05, 4.69) is 16.3 Å². The van der Waals surface area contributed by atoms with Gasteiger partial charge in [0.05, 0.1) is 6.20 Å². The fraction of sp³-hybridized carbons (Fsp3) is 0.556. The second kappa shape index (κ2) is 3.30. The van der Waals surface area contributed by atoms with E-state index in [1.54, 1.807) is 11.0 Å². The summed E-state index contributed by atoms with van der Waals surface area (Å²) in [6.07, 6.45) is 7.22. The molecule has 0 saturated carbocycles. The van der Waals surface area contributed by atoms with Gasteiger partial charge in [0, 0.05) is 13.1 Å². The first kappa shape index (κ1) is 8.44. The Labute approximate surface area is 77.4 Å². The van der Waals surface area contributed by atoms with Gasteiger partial charge < -0.3 is 5.73 Å². The normalized spacial score (nSPS) is 22.9. The number of aromatic nitrogens is 3. The molecule has 1 aromatic rings. The summed E-state index contributed by atoms with van der Waals surface area (Å²) in [7, 11) is 1.83. The molecule has 0 amide bonds. The third-order valence-corrected chi connectivity index (χ3v) is 2.33. The topological polar surface area (TPSA) is 56.7 Å². The summed E-state index contributed by atoms with van der Waals surface area (Å²) in [6, 6.07) is 0.200. The molecule has 0 spiro atoms. The van der Waals surface area contributed by atoms with Gasteiger partial charge in [0.15, 0.2) is 0 Å². The minimum atomic E-state index is 0.200. The Morgan fingerprint density at radius 2 is 2.46 bits per heavy atom. The van der Waals surface area contributed by atoms with E-state index in [4.69, 9.17) is 5.73 Å². The summed E-state index contributed by atoms with van der Waals surface area (Å²) >= 11 is 0. The fourth-order valence-electron chi connectivity index (χ4n) is 1.66. The third kappa shape index (κ3) is 1.78. The highest BCUT2D eigenvalue weighted by molar-refractivity contribution is 5.63. The number of nitrogens with two attached hydrogens (primary N) is 1. The van der Waals surface area contributed by atoms with Crippen LogP contribution in [0.1, 0.15) is 25.0 Å². The van der Waals surface area contributed by atoms with Crippen molar-refractivity contribution < 1.29 is 0 Å². The monoisotopic (exact) mass is 178 g/mol. The lowest BCUT2D eigenvalue weighted by molar-refractivity contribution is 0.640. The molecule has 0 radical (unpaired) electrons. The molecule has 0 aromatic carbocycles. The van der Waals surface area contributed by atoms with Crippen LogP contribution in [0.3, 0.4) is 0 Å². The average molecular weight is 178 g/mol. The lowest BCUT2D eigenvalue weighted by Gasteiger charge is -2.15. The molecular formula is C9H14N4. The van der Waals surface area contributed by atoms with Crippen LogP contribution in [0.25, 0.3) is 5.57 Å². The molecule has 13 heavy (non-hydrogen) atoms. The van der Waals surface area contributed by atoms with Gasteiger partial charge in [-0.25, -0.2) is 0 Å². The Morgan fingerprint density at radius 1 is 1.62 bits per heavy atom. The molecule has 0 aliphatic heterocycles. The van der Waals surface area contributed by atoms with Crippen molar-refractivity contribution in [3.8, 4) is 0 Å². The van der Waals surface area contributed by atoms with Crippen LogP contribution in [0.2, 0.25) is 0 Å². The second-order valence-electron chi connectivity index (χ2n) is 3.47. The molecule has 1 aliphatic carbocycles. The Bertz CT molecular complexity index is 326. The Hall–Kier alpha value is -1.16. The van der Waals surface area contributed by atoms with Crippen LogP contribution in [0.4, 0.5) is 0 Å². The molecule has 70 valence electrons. The van der Waals surface area contributed by atoms with Gasteiger partial charge in [-0.2, -0.15) is 15.0 Å². The molecular weight excluding hydrogens is 164 g/mol. The fourth-order valence-corrected chi connectivity index (χ4v) is 1.66. The van der Waals surface area contributed by atoms with Gasteiger partial charge in [0.25, 0.3) is 0 Å². The Kier molecular flexibility index (Phi) is 2.14. The zero-order valence-electron chi connectivity index (χ0n) is 7.77. The number of hydrogen-bond acceptors (Lipinski definition) is 3. The molecule has 1 unspecified atom stereocenters. The minimum Gasteiger partial charge on any atom is -0.324 e. The number of rotatable bonds is 1. The number of hydrogen-bond donors (Lipinski definition) is 1. The SMILES string of the molecule is Cn1ncc(C2=CC(N)CCC2)n1. The van der Waals surface area contributed by atoms with Crippen LogP contribution in [0.5, 0.6) is 0 Å². The van der Waals surface area contributed by atoms with Gasteiger partial charge >= 0.3 is 0 Å². The largest absolute Gasteiger partial charge is 0.324 e. The lowest BCUT2D eigenvalue weighted by Crippen LogP contribution is -2.20. The maximum absolute atomic E-state index is 5.84. The standard InChI is InChI=1S/C9H14N4/c1-13-11-6-9(12-13)7-3-2-4-8(10)5-7/h5-6,8H,2-4,10H2,1H3. The number of nitrogens with zero attached hydrogens (tertiary/aromatic N) is 3. The predicted molar refractivity (Wildman–Crippen MR) is 50.8 cm³/mol. The summed E-state index contributed by atoms with van der Waals surface area (Å²) in [4.78, 5) is 1.58. The van der Waals surface area contributed by atoms with Crippen molar-refractivity contribution in [1.29, 1.82) is 0 Å². The van der Waals surface area contributed by atoms with E-state index in [1.807, 2.05) is 7.05 Å². The Morgan fingerprint density at radius 3 is 3.08 bits per heavy atom. The van der Waals surface area contributed by atoms with E-state index in [-0.39, 0.29) is 6.04 Å². The highest BCUT2D eigenvalue weighted by Gasteiger charge is 2.13. The third-order valence-electron chi connectivity index (χ3n) is 2.33. The summed E-state index contributed by atoms with van der Waals surface area (Å²) < 4.78 is 0. The quantitative estimate of drug-likeness (QED) is 0.689. The zero-order chi connectivity index (χ0) is 9.26. The van der Waals surface area contributed by atoms with Crippen molar-refractivity contribution in [3.63, 3.8) is 0 Å². The van der Waals surface area contributed by atoms with Crippen molar-refractivity contribution in [2.75, 3.05) is 0 Å². The molecule has 1 aliphatic rings. The molecule has 0 saturated heterocycles. The number of allylic oxidation sites excluding steroid dienone is 1. The molecule has 2 N–H and O–H groups in total. The van der Waals surface area contributed by atoms with Crippen molar-refractivity contribution in [1.82, 2.24) is 15.0 Å². The Balaban J connectivity index is 2.25. The van der Waals surface area contributed by atoms with Gasteiger partial charge in [0.2, 0.25) is 0 Å². The second-order valence-corrected chi connectivity index (χ2v) is 3.47. The average Bonchev–Trinajstić information content (AvgIpc) is 2.52. The van der Waals surface area contributed by atoms with Crippen LogP contribution in [0, 0.1) is 0 Å². The van der Waals surface area contributed by atoms with Gasteiger partial charge in [-0.1, -0.05) is 6.08 Å². The van der Waals surface area contributed by atoms with Crippen LogP contribution in [-0.4, -0.2) is 21.0 Å². The van der Waals surface area contributed by atoms with Gasteiger partial charge in [-0.05, 0) is 24.8 Å². The molecule has 1 heterocycles. The van der Waals surface area contributed by atoms with E-state index in [1.165, 1.54) is 5.57 Å². The maximum atomic E-state index is 5.84. The van der Waals surface area contributed by atoms with Crippen LogP contribution >= 0.6 is 0 Å². The first-order valence-corrected chi connectivity index (χ1v) is 4.58. The van der Waals surface area contributed by atoms with Crippen LogP contribution < -0.4 is 5.73 Å². The molecule has 1 atom stereocenters. The van der Waals surface area contributed by atoms with E-state index in [0.29, 0.717) is 0 Å². The lowest BCUT2D eigenvalue weighted by atomic mass is 9.95. The number of aryl methyl sites for hydroxylation is 1. The van der Waals surface area contributed by atoms with Crippen LogP contribution in [0.15, 0.2) is 12.3 Å². The first-order chi connectivity index (χ1) is 6.25. The maximum Gasteiger partial charge on any atom is 0.108 e. The minimum absolute atomic E-state index is 0.200. The van der Waals surface area contributed by atoms with E-state index in [0.717, 1.165) is 25.0 Å². The summed E-state index contributed by atoms with van der Waals surface area (Å²) in [5.41, 5.74) is 8.05. The van der Waals surface area contributed by atoms with Gasteiger partial charge in [-0.15, -0.1) is 0 Å². The predicted octanol–water partition coefficient (Wildman–Crippen LogP) is 0.710. The summed E-state index contributed by atoms with van der Waals surface area (Å²) in [5, 5.41) is 8.29. The van der Waals surface area contributed by atoms with Gasteiger partial charge in [0.1, 0.15) is 5.69 Å². The van der Waals surface area contributed by atoms with E-state index in [9.17, 15) is 0 Å². The molecule has 4 nitrogen and oxygen atoms in total. The highest BCUT2D eigenvalue weighted by atomic mass is 15.4. The van der Waals surface area contributed by atoms with Crippen molar-refractivity contribution in [2.45, 2.75) is 25.3 Å². The van der Waals surface area contributed by atoms with Crippen molar-refractivity contribution in [2.24, 2.45) is 12.8 Å². The zero-order valence-corrected chi connectivity index (χ0v) is 7.77. The highest BCUT2D eigenvalue weighted by Crippen LogP contribution is 2.24.